The molecule has 1 spiro atoms. The monoisotopic (exact) mass is 775 g/mol. The summed E-state index contributed by atoms with van der Waals surface area (Å²) in [6.07, 6.45) is 6.36. The second-order valence-electron chi connectivity index (χ2n) is 16.5. The van der Waals surface area contributed by atoms with Crippen LogP contribution in [0.1, 0.15) is 47.2 Å². The number of fused-ring (bicyclic) bond motifs is 2. The van der Waals surface area contributed by atoms with Gasteiger partial charge >= 0.3 is 0 Å². The van der Waals surface area contributed by atoms with E-state index in [-0.39, 0.29) is 29.7 Å². The number of hydrogen-bond donors (Lipinski definition) is 1. The van der Waals surface area contributed by atoms with Crippen LogP contribution in [0.2, 0.25) is 0 Å². The van der Waals surface area contributed by atoms with Crippen LogP contribution in [-0.2, 0) is 29.7 Å². The quantitative estimate of drug-likeness (QED) is 0.237. The summed E-state index contributed by atoms with van der Waals surface area (Å²) in [4.78, 5) is 63.7. The molecule has 1 atom stereocenters. The number of rotatable bonds is 10. The molecule has 4 fully saturated rings. The van der Waals surface area contributed by atoms with Crippen LogP contribution in [0.3, 0.4) is 0 Å². The maximum absolute atomic E-state index is 13.4. The van der Waals surface area contributed by atoms with Crippen LogP contribution in [0.5, 0.6) is 17.4 Å². The number of benzene rings is 2. The molecule has 9 rings (SSSR count). The molecule has 2 aromatic carbocycles. The molecule has 0 saturated carbocycles. The Bertz CT molecular complexity index is 2310. The number of ether oxygens (including phenoxy) is 3. The van der Waals surface area contributed by atoms with E-state index in [1.54, 1.807) is 50.1 Å². The van der Waals surface area contributed by atoms with Crippen LogP contribution in [0, 0.1) is 11.3 Å². The molecule has 4 aromatic rings. The van der Waals surface area contributed by atoms with E-state index >= 15 is 0 Å². The number of aryl methyl sites for hydroxylation is 1. The predicted molar refractivity (Wildman–Crippen MR) is 214 cm³/mol. The summed E-state index contributed by atoms with van der Waals surface area (Å²) in [5, 5.41) is 3.65. The van der Waals surface area contributed by atoms with Crippen molar-refractivity contribution in [3.63, 3.8) is 0 Å². The van der Waals surface area contributed by atoms with Crippen LogP contribution in [-0.4, -0.2) is 115 Å². The minimum absolute atomic E-state index is 0.123. The molecule has 0 radical (unpaired) electrons. The first-order chi connectivity index (χ1) is 27.5. The number of nitrogens with zero attached hydrogens (tertiary/aromatic N) is 6. The standard InChI is InChI=1S/C43H49N7O7/c1-46-22-33(31-16-39(57-4)44-17-32(31)41(46)53)28-13-36(55-2)34(37(14-28)56-3)23-48-19-26(20-48)18-47-11-9-43(10-12-47)24-49(25-43)29-6-5-27-21-50(42(54)30(27)15-29)35-7-8-38(51)45-40(35)52/h5-6,13-17,22,26,35H,7-12,18-21,23-25H2,1-4H3,(H,45,51,52). The van der Waals surface area contributed by atoms with E-state index in [1.165, 1.54) is 12.8 Å². The molecule has 0 bridgehead atoms. The van der Waals surface area contributed by atoms with Crippen LogP contribution in [0.15, 0.2) is 53.6 Å². The van der Waals surface area contributed by atoms with Gasteiger partial charge in [-0.25, -0.2) is 4.98 Å². The molecule has 1 N–H and O–H groups in total. The molecule has 2 aromatic heterocycles. The first-order valence-electron chi connectivity index (χ1n) is 19.8. The minimum Gasteiger partial charge on any atom is -0.496 e. The SMILES string of the molecule is COc1cc2c(-c3cc(OC)c(CN4CC(CN5CCC6(CC5)CN(c5ccc7c(c5)C(=O)N(C5CCC(=O)NC5=O)C7)C6)C4)c(OC)c3)cn(C)c(=O)c2cn1. The van der Waals surface area contributed by atoms with Gasteiger partial charge in [-0.05, 0) is 73.7 Å². The van der Waals surface area contributed by atoms with Crippen molar-refractivity contribution in [1.82, 2.24) is 29.6 Å². The van der Waals surface area contributed by atoms with Crippen molar-refractivity contribution in [3.8, 4) is 28.5 Å². The summed E-state index contributed by atoms with van der Waals surface area (Å²) < 4.78 is 18.8. The van der Waals surface area contributed by atoms with Crippen molar-refractivity contribution in [2.24, 2.45) is 18.4 Å². The van der Waals surface area contributed by atoms with E-state index in [0.29, 0.717) is 41.1 Å². The number of methoxy groups -OCH3 is 3. The van der Waals surface area contributed by atoms with Crippen LogP contribution in [0.25, 0.3) is 21.9 Å². The largest absolute Gasteiger partial charge is 0.496 e. The number of pyridine rings is 2. The van der Waals surface area contributed by atoms with Crippen molar-refractivity contribution >= 4 is 34.2 Å². The fourth-order valence-corrected chi connectivity index (χ4v) is 9.70. The minimum atomic E-state index is -0.595. The van der Waals surface area contributed by atoms with Crippen molar-refractivity contribution in [3.05, 3.63) is 75.8 Å². The van der Waals surface area contributed by atoms with E-state index in [2.05, 4.69) is 31.1 Å². The molecule has 1 unspecified atom stereocenters. The van der Waals surface area contributed by atoms with Crippen LogP contribution >= 0.6 is 0 Å². The normalized spacial score (nSPS) is 21.1. The number of hydrogen-bond acceptors (Lipinski definition) is 11. The number of anilines is 1. The van der Waals surface area contributed by atoms with Crippen molar-refractivity contribution in [2.75, 3.05) is 72.0 Å². The van der Waals surface area contributed by atoms with Gasteiger partial charge in [-0.15, -0.1) is 0 Å². The van der Waals surface area contributed by atoms with Gasteiger partial charge in [0.2, 0.25) is 17.7 Å². The lowest BCUT2D eigenvalue weighted by molar-refractivity contribution is -0.136. The maximum Gasteiger partial charge on any atom is 0.259 e. The molecule has 4 saturated heterocycles. The van der Waals surface area contributed by atoms with Gasteiger partial charge in [0.1, 0.15) is 17.5 Å². The molecule has 57 heavy (non-hydrogen) atoms. The third kappa shape index (κ3) is 6.67. The highest BCUT2D eigenvalue weighted by atomic mass is 16.5. The Morgan fingerprint density at radius 1 is 0.877 bits per heavy atom. The molecular weight excluding hydrogens is 727 g/mol. The zero-order valence-corrected chi connectivity index (χ0v) is 33.0. The van der Waals surface area contributed by atoms with E-state index in [9.17, 15) is 19.2 Å². The van der Waals surface area contributed by atoms with Crippen LogP contribution < -0.4 is 30.0 Å². The molecule has 0 aliphatic carbocycles. The first-order valence-corrected chi connectivity index (χ1v) is 19.8. The fourth-order valence-electron chi connectivity index (χ4n) is 9.70. The molecule has 5 aliphatic heterocycles. The topological polar surface area (TPSA) is 139 Å². The van der Waals surface area contributed by atoms with Crippen LogP contribution in [0.4, 0.5) is 5.69 Å². The number of carbonyl (C=O) groups excluding carboxylic acids is 3. The zero-order chi connectivity index (χ0) is 39.6. The molecular formula is C43H49N7O7. The Hall–Kier alpha value is -5.47. The molecule has 14 heteroatoms. The van der Waals surface area contributed by atoms with Gasteiger partial charge in [-0.2, -0.15) is 0 Å². The highest BCUT2D eigenvalue weighted by Crippen LogP contribution is 2.44. The highest BCUT2D eigenvalue weighted by molar-refractivity contribution is 6.05. The van der Waals surface area contributed by atoms with Gasteiger partial charge in [-0.1, -0.05) is 6.07 Å². The average Bonchev–Trinajstić information content (AvgIpc) is 3.52. The number of carbonyl (C=O) groups is 3. The summed E-state index contributed by atoms with van der Waals surface area (Å²) in [5.74, 6) is 1.76. The Kier molecular flexibility index (Phi) is 9.43. The summed E-state index contributed by atoms with van der Waals surface area (Å²) in [6.45, 7) is 8.43. The van der Waals surface area contributed by atoms with E-state index in [0.717, 1.165) is 97.2 Å². The summed E-state index contributed by atoms with van der Waals surface area (Å²) in [6, 6.07) is 11.4. The van der Waals surface area contributed by atoms with Crippen molar-refractivity contribution < 1.29 is 28.6 Å². The molecule has 5 aliphatic rings. The number of aromatic nitrogens is 2. The Morgan fingerprint density at radius 2 is 1.61 bits per heavy atom. The summed E-state index contributed by atoms with van der Waals surface area (Å²) >= 11 is 0. The number of piperidine rings is 2. The predicted octanol–water partition coefficient (Wildman–Crippen LogP) is 3.42. The van der Waals surface area contributed by atoms with Gasteiger partial charge in [0.25, 0.3) is 11.5 Å². The van der Waals surface area contributed by atoms with Crippen molar-refractivity contribution in [2.45, 2.75) is 44.8 Å². The van der Waals surface area contributed by atoms with Gasteiger partial charge in [0.05, 0.1) is 32.3 Å². The lowest BCUT2D eigenvalue weighted by atomic mass is 9.71. The molecule has 3 amide bonds. The molecule has 7 heterocycles. The van der Waals surface area contributed by atoms with E-state index < -0.39 is 6.04 Å². The van der Waals surface area contributed by atoms with Gasteiger partial charge in [-0.3, -0.25) is 29.4 Å². The van der Waals surface area contributed by atoms with Gasteiger partial charge in [0.15, 0.2) is 0 Å². The van der Waals surface area contributed by atoms with E-state index in [1.807, 2.05) is 30.5 Å². The maximum atomic E-state index is 13.4. The lowest BCUT2D eigenvalue weighted by Crippen LogP contribution is -2.61. The Morgan fingerprint density at radius 3 is 2.30 bits per heavy atom. The smallest absolute Gasteiger partial charge is 0.259 e. The fraction of sp³-hybridized carbons (Fsp3) is 0.465. The second-order valence-corrected chi connectivity index (χ2v) is 16.5. The van der Waals surface area contributed by atoms with Crippen molar-refractivity contribution in [1.29, 1.82) is 0 Å². The third-order valence-corrected chi connectivity index (χ3v) is 12.9. The van der Waals surface area contributed by atoms with Gasteiger partial charge < -0.3 is 33.5 Å². The lowest BCUT2D eigenvalue weighted by Gasteiger charge is -2.55. The number of amides is 3. The summed E-state index contributed by atoms with van der Waals surface area (Å²) in [5.41, 5.74) is 5.60. The van der Waals surface area contributed by atoms with E-state index in [4.69, 9.17) is 14.2 Å². The average molecular weight is 776 g/mol. The number of imide groups is 1. The zero-order valence-electron chi connectivity index (χ0n) is 33.0. The number of nitrogens with one attached hydrogen (secondary N) is 1. The second kappa shape index (κ2) is 14.5. The Labute approximate surface area is 331 Å². The summed E-state index contributed by atoms with van der Waals surface area (Å²) in [7, 11) is 6.67. The highest BCUT2D eigenvalue weighted by Gasteiger charge is 2.46. The first kappa shape index (κ1) is 37.1. The Balaban J connectivity index is 0.780. The molecule has 14 nitrogen and oxygen atoms in total. The third-order valence-electron chi connectivity index (χ3n) is 12.9. The van der Waals surface area contributed by atoms with Gasteiger partial charge in [0, 0.05) is 105 Å². The number of likely N-dealkylation sites (tertiary alicyclic amines) is 2. The molecule has 298 valence electrons.